The van der Waals surface area contributed by atoms with Crippen molar-refractivity contribution in [2.45, 2.75) is 57.2 Å². The van der Waals surface area contributed by atoms with E-state index in [-0.39, 0.29) is 12.6 Å². The number of nitrogens with zero attached hydrogens (tertiary/aromatic N) is 1. The smallest absolute Gasteiger partial charge is 0.468 e. The molecule has 2 rings (SSSR count). The van der Waals surface area contributed by atoms with Crippen LogP contribution in [-0.4, -0.2) is 24.7 Å². The molecule has 0 bridgehead atoms. The first-order valence-corrected chi connectivity index (χ1v) is 8.52. The zero-order valence-electron chi connectivity index (χ0n) is 13.8. The number of hydrogen-bond acceptors (Lipinski definition) is 2. The molecule has 132 valence electrons. The first kappa shape index (κ1) is 18.6. The van der Waals surface area contributed by atoms with Crippen molar-refractivity contribution in [3.8, 4) is 0 Å². The molecule has 0 amide bonds. The molecule has 0 radical (unpaired) electrons. The van der Waals surface area contributed by atoms with E-state index < -0.39 is 12.1 Å². The van der Waals surface area contributed by atoms with Gasteiger partial charge in [0.1, 0.15) is 6.61 Å². The second-order valence-corrected chi connectivity index (χ2v) is 6.03. The largest absolute Gasteiger partial charge is 0.470 e. The van der Waals surface area contributed by atoms with Gasteiger partial charge in [-0.1, -0.05) is 61.7 Å². The van der Waals surface area contributed by atoms with Crippen LogP contribution < -0.4 is 0 Å². The molecule has 0 aliphatic heterocycles. The molecule has 24 heavy (non-hydrogen) atoms. The normalized spacial score (nSPS) is 17.4. The van der Waals surface area contributed by atoms with E-state index in [1.807, 2.05) is 36.4 Å². The van der Waals surface area contributed by atoms with Crippen molar-refractivity contribution in [2.24, 2.45) is 4.99 Å². The Morgan fingerprint density at radius 2 is 1.79 bits per heavy atom. The molecule has 0 N–H and O–H groups in total. The minimum atomic E-state index is -4.52. The van der Waals surface area contributed by atoms with Crippen molar-refractivity contribution in [1.29, 1.82) is 0 Å². The zero-order valence-corrected chi connectivity index (χ0v) is 13.8. The maximum Gasteiger partial charge on any atom is 0.468 e. The molecule has 1 aromatic rings. The number of aryl methyl sites for hydroxylation is 1. The van der Waals surface area contributed by atoms with E-state index in [0.717, 1.165) is 44.9 Å². The molecule has 1 saturated carbocycles. The second kappa shape index (κ2) is 9.50. The van der Waals surface area contributed by atoms with Gasteiger partial charge in [-0.3, -0.25) is 0 Å². The average Bonchev–Trinajstić information content (AvgIpc) is 2.58. The first-order chi connectivity index (χ1) is 11.6. The molecule has 0 heterocycles. The summed E-state index contributed by atoms with van der Waals surface area (Å²) in [6, 6.07) is 9.71. The summed E-state index contributed by atoms with van der Waals surface area (Å²) in [6.45, 7) is -0.0974. The minimum absolute atomic E-state index is 0.0974. The van der Waals surface area contributed by atoms with Gasteiger partial charge in [-0.2, -0.15) is 13.2 Å². The molecule has 1 fully saturated rings. The van der Waals surface area contributed by atoms with Crippen LogP contribution in [0.15, 0.2) is 47.5 Å². The van der Waals surface area contributed by atoms with Crippen LogP contribution in [0.5, 0.6) is 0 Å². The summed E-state index contributed by atoms with van der Waals surface area (Å²) >= 11 is 0. The van der Waals surface area contributed by atoms with Gasteiger partial charge in [-0.15, -0.1) is 0 Å². The number of hydrogen-bond donors (Lipinski definition) is 0. The van der Waals surface area contributed by atoms with Crippen LogP contribution in [0.2, 0.25) is 0 Å². The lowest BCUT2D eigenvalue weighted by atomic mass is 9.96. The third-order valence-corrected chi connectivity index (χ3v) is 4.04. The summed E-state index contributed by atoms with van der Waals surface area (Å²) in [5.74, 6) is -1.08. The second-order valence-electron chi connectivity index (χ2n) is 6.03. The van der Waals surface area contributed by atoms with E-state index in [1.165, 1.54) is 5.56 Å². The third-order valence-electron chi connectivity index (χ3n) is 4.04. The number of alkyl halides is 3. The molecule has 0 aromatic heterocycles. The molecular weight excluding hydrogens is 315 g/mol. The predicted molar refractivity (Wildman–Crippen MR) is 90.2 cm³/mol. The molecule has 1 aliphatic carbocycles. The number of rotatable bonds is 6. The highest BCUT2D eigenvalue weighted by Crippen LogP contribution is 2.24. The Kier molecular flexibility index (Phi) is 7.35. The predicted octanol–water partition coefficient (Wildman–Crippen LogP) is 5.49. The van der Waals surface area contributed by atoms with Gasteiger partial charge in [0.15, 0.2) is 0 Å². The fraction of sp³-hybridized carbons (Fsp3) is 0.526. The molecule has 1 aliphatic rings. The van der Waals surface area contributed by atoms with Gasteiger partial charge in [0.25, 0.3) is 5.90 Å². The molecule has 1 aromatic carbocycles. The SMILES string of the molecule is FC(F)(F)C(=NC1CCCCC1)OC/C=C/CCc1ccccc1. The molecular formula is C19H24F3NO. The van der Waals surface area contributed by atoms with Gasteiger partial charge in [0.05, 0.1) is 6.04 Å². The van der Waals surface area contributed by atoms with Gasteiger partial charge >= 0.3 is 6.18 Å². The average molecular weight is 339 g/mol. The standard InChI is InChI=1S/C19H24F3NO/c20-19(21,22)18(23-17-13-7-2-8-14-17)24-15-9-3-6-12-16-10-4-1-5-11-16/h1,3-5,9-11,17H,2,6-8,12-15H2/b9-3+,23-18?. The highest BCUT2D eigenvalue weighted by Gasteiger charge is 2.38. The summed E-state index contributed by atoms with van der Waals surface area (Å²) in [5.41, 5.74) is 1.21. The summed E-state index contributed by atoms with van der Waals surface area (Å²) in [7, 11) is 0. The summed E-state index contributed by atoms with van der Waals surface area (Å²) in [6.07, 6.45) is 5.00. The molecule has 5 heteroatoms. The Labute approximate surface area is 141 Å². The summed E-state index contributed by atoms with van der Waals surface area (Å²) in [5, 5.41) is 0. The molecule has 0 saturated heterocycles. The summed E-state index contributed by atoms with van der Waals surface area (Å²) < 4.78 is 43.9. The third kappa shape index (κ3) is 6.77. The van der Waals surface area contributed by atoms with E-state index in [0.29, 0.717) is 0 Å². The number of ether oxygens (including phenoxy) is 1. The lowest BCUT2D eigenvalue weighted by molar-refractivity contribution is -0.0777. The molecule has 2 nitrogen and oxygen atoms in total. The van der Waals surface area contributed by atoms with E-state index in [1.54, 1.807) is 6.08 Å². The molecule has 0 spiro atoms. The van der Waals surface area contributed by atoms with Crippen LogP contribution in [0.25, 0.3) is 0 Å². The quantitative estimate of drug-likeness (QED) is 0.382. The van der Waals surface area contributed by atoms with Crippen LogP contribution in [0.1, 0.15) is 44.1 Å². The first-order valence-electron chi connectivity index (χ1n) is 8.52. The zero-order chi connectivity index (χ0) is 17.3. The van der Waals surface area contributed by atoms with Gasteiger partial charge < -0.3 is 4.74 Å². The van der Waals surface area contributed by atoms with Gasteiger partial charge in [0.2, 0.25) is 0 Å². The van der Waals surface area contributed by atoms with Crippen molar-refractivity contribution >= 4 is 5.90 Å². The van der Waals surface area contributed by atoms with Crippen molar-refractivity contribution < 1.29 is 17.9 Å². The number of halogens is 3. The maximum atomic E-state index is 13.0. The number of allylic oxidation sites excluding steroid dienone is 1. The van der Waals surface area contributed by atoms with Crippen molar-refractivity contribution in [3.63, 3.8) is 0 Å². The Morgan fingerprint density at radius 3 is 2.46 bits per heavy atom. The summed E-state index contributed by atoms with van der Waals surface area (Å²) in [4.78, 5) is 3.81. The Bertz CT molecular complexity index is 531. The lowest BCUT2D eigenvalue weighted by Crippen LogP contribution is -2.28. The van der Waals surface area contributed by atoms with Crippen LogP contribution in [0, 0.1) is 0 Å². The molecule has 0 unspecified atom stereocenters. The molecule has 0 atom stereocenters. The van der Waals surface area contributed by atoms with E-state index >= 15 is 0 Å². The lowest BCUT2D eigenvalue weighted by Gasteiger charge is -2.20. The van der Waals surface area contributed by atoms with Crippen LogP contribution in [0.4, 0.5) is 13.2 Å². The van der Waals surface area contributed by atoms with E-state index in [2.05, 4.69) is 4.99 Å². The van der Waals surface area contributed by atoms with Crippen molar-refractivity contribution in [1.82, 2.24) is 0 Å². The highest BCUT2D eigenvalue weighted by atomic mass is 19.4. The topological polar surface area (TPSA) is 21.6 Å². The van der Waals surface area contributed by atoms with Crippen LogP contribution in [-0.2, 0) is 11.2 Å². The van der Waals surface area contributed by atoms with Crippen molar-refractivity contribution in [2.75, 3.05) is 6.61 Å². The van der Waals surface area contributed by atoms with Crippen LogP contribution in [0.3, 0.4) is 0 Å². The monoisotopic (exact) mass is 339 g/mol. The maximum absolute atomic E-state index is 13.0. The fourth-order valence-corrected chi connectivity index (χ4v) is 2.78. The Morgan fingerprint density at radius 1 is 1.08 bits per heavy atom. The van der Waals surface area contributed by atoms with Crippen LogP contribution >= 0.6 is 0 Å². The Hall–Kier alpha value is -1.78. The fourth-order valence-electron chi connectivity index (χ4n) is 2.78. The van der Waals surface area contributed by atoms with Gasteiger partial charge in [-0.25, -0.2) is 4.99 Å². The Balaban J connectivity index is 1.77. The number of aliphatic imine (C=N–C) groups is 1. The highest BCUT2D eigenvalue weighted by molar-refractivity contribution is 5.82. The van der Waals surface area contributed by atoms with Crippen molar-refractivity contribution in [3.05, 3.63) is 48.0 Å². The number of benzene rings is 1. The van der Waals surface area contributed by atoms with E-state index in [4.69, 9.17) is 4.74 Å². The van der Waals surface area contributed by atoms with Gasteiger partial charge in [-0.05, 0) is 31.2 Å². The van der Waals surface area contributed by atoms with Gasteiger partial charge in [0, 0.05) is 0 Å². The van der Waals surface area contributed by atoms with E-state index in [9.17, 15) is 13.2 Å². The minimum Gasteiger partial charge on any atom is -0.470 e.